The highest BCUT2D eigenvalue weighted by Crippen LogP contribution is 2.33. The van der Waals surface area contributed by atoms with Gasteiger partial charge in [0.1, 0.15) is 0 Å². The normalized spacial score (nSPS) is 15.3. The molecule has 0 saturated carbocycles. The molecule has 0 aliphatic carbocycles. The summed E-state index contributed by atoms with van der Waals surface area (Å²) < 4.78 is 6.09. The van der Waals surface area contributed by atoms with Gasteiger partial charge < -0.3 is 4.74 Å². The Kier molecular flexibility index (Phi) is 6.36. The average molecular weight is 415 g/mol. The summed E-state index contributed by atoms with van der Waals surface area (Å²) in [6.07, 6.45) is 0.751. The summed E-state index contributed by atoms with van der Waals surface area (Å²) >= 11 is 1.47. The molecule has 1 aliphatic heterocycles. The number of fused-ring (bicyclic) bond motifs is 1. The van der Waals surface area contributed by atoms with Crippen LogP contribution in [0.5, 0.6) is 0 Å². The molecule has 0 saturated heterocycles. The van der Waals surface area contributed by atoms with Crippen molar-refractivity contribution in [3.8, 4) is 11.8 Å². The smallest absolute Gasteiger partial charge is 0.270 e. The molecule has 1 aliphatic rings. The van der Waals surface area contributed by atoms with E-state index in [-0.39, 0.29) is 12.0 Å². The average Bonchev–Trinajstić information content (AvgIpc) is 3.16. The van der Waals surface area contributed by atoms with Crippen LogP contribution >= 0.6 is 11.8 Å². The zero-order valence-corrected chi connectivity index (χ0v) is 17.6. The van der Waals surface area contributed by atoms with E-state index >= 15 is 0 Å². The second-order valence-corrected chi connectivity index (χ2v) is 7.84. The molecule has 150 valence electrons. The summed E-state index contributed by atoms with van der Waals surface area (Å²) in [6, 6.07) is 23.8. The van der Waals surface area contributed by atoms with E-state index in [2.05, 4.69) is 41.2 Å². The van der Waals surface area contributed by atoms with Gasteiger partial charge in [-0.05, 0) is 10.8 Å². The number of carbonyl (C=O) groups is 1. The van der Waals surface area contributed by atoms with Crippen LogP contribution in [0.2, 0.25) is 0 Å². The van der Waals surface area contributed by atoms with Crippen molar-refractivity contribution in [3.05, 3.63) is 83.9 Å². The van der Waals surface area contributed by atoms with Crippen LogP contribution in [-0.4, -0.2) is 28.8 Å². The Labute approximate surface area is 180 Å². The molecule has 0 N–H and O–H groups in total. The largest absolute Gasteiger partial charge is 0.442 e. The molecule has 5 heteroatoms. The fourth-order valence-corrected chi connectivity index (χ4v) is 4.00. The van der Waals surface area contributed by atoms with E-state index in [0.717, 1.165) is 11.1 Å². The van der Waals surface area contributed by atoms with Gasteiger partial charge in [-0.1, -0.05) is 90.5 Å². The number of benzene rings is 3. The molecule has 1 unspecified atom stereocenters. The highest BCUT2D eigenvalue weighted by Gasteiger charge is 2.28. The van der Waals surface area contributed by atoms with Crippen LogP contribution in [0.1, 0.15) is 35.0 Å². The minimum absolute atomic E-state index is 0.126. The quantitative estimate of drug-likeness (QED) is 0.410. The topological polar surface area (TPSA) is 41.9 Å². The molecule has 0 radical (unpaired) electrons. The van der Waals surface area contributed by atoms with Crippen LogP contribution < -0.4 is 0 Å². The van der Waals surface area contributed by atoms with Gasteiger partial charge in [-0.15, -0.1) is 11.0 Å². The van der Waals surface area contributed by atoms with Gasteiger partial charge >= 0.3 is 0 Å². The molecule has 3 aromatic rings. The van der Waals surface area contributed by atoms with Gasteiger partial charge in [-0.3, -0.25) is 9.80 Å². The van der Waals surface area contributed by atoms with Crippen molar-refractivity contribution in [2.75, 3.05) is 12.8 Å². The van der Waals surface area contributed by atoms with Crippen LogP contribution in [0.3, 0.4) is 0 Å². The van der Waals surface area contributed by atoms with Crippen molar-refractivity contribution in [1.29, 1.82) is 0 Å². The lowest BCUT2D eigenvalue weighted by atomic mass is 10.0. The molecular weight excluding hydrogens is 392 g/mol. The number of hydrogen-bond acceptors (Lipinski definition) is 5. The number of hydrogen-bond donors (Lipinski definition) is 0. The summed E-state index contributed by atoms with van der Waals surface area (Å²) in [5, 5.41) is 9.32. The van der Waals surface area contributed by atoms with Crippen LogP contribution in [-0.2, 0) is 4.74 Å². The lowest BCUT2D eigenvalue weighted by Crippen LogP contribution is -2.15. The van der Waals surface area contributed by atoms with Gasteiger partial charge in [0.2, 0.25) is 6.23 Å². The van der Waals surface area contributed by atoms with E-state index in [4.69, 9.17) is 4.74 Å². The molecule has 4 nitrogen and oxygen atoms in total. The van der Waals surface area contributed by atoms with Gasteiger partial charge in [0.05, 0.1) is 5.75 Å². The number of thioether (sulfide) groups is 1. The van der Waals surface area contributed by atoms with Crippen LogP contribution in [0.25, 0.3) is 10.8 Å². The summed E-state index contributed by atoms with van der Waals surface area (Å²) in [4.78, 5) is 12.1. The Morgan fingerprint density at radius 1 is 1.03 bits per heavy atom. The molecule has 1 heterocycles. The first-order chi connectivity index (χ1) is 14.7. The molecule has 3 aromatic carbocycles. The Hall–Kier alpha value is -3.23. The maximum absolute atomic E-state index is 12.1. The highest BCUT2D eigenvalue weighted by atomic mass is 32.2. The van der Waals surface area contributed by atoms with Gasteiger partial charge in [0.25, 0.3) is 5.23 Å². The highest BCUT2D eigenvalue weighted by molar-refractivity contribution is 8.13. The monoisotopic (exact) mass is 414 g/mol. The maximum Gasteiger partial charge on any atom is 0.270 e. The summed E-state index contributed by atoms with van der Waals surface area (Å²) in [6.45, 7) is 0. The van der Waals surface area contributed by atoms with Crippen LogP contribution in [0.15, 0.2) is 77.9 Å². The first kappa shape index (κ1) is 20.1. The zero-order valence-electron chi connectivity index (χ0n) is 16.7. The molecule has 30 heavy (non-hydrogen) atoms. The number of nitrogens with zero attached hydrogens (tertiary/aromatic N) is 2. The van der Waals surface area contributed by atoms with E-state index in [1.165, 1.54) is 22.5 Å². The standard InChI is InChI=1S/C25H22N2O2S/c1-27-24(22-16-10-14-19-11-7-8-15-21(19)22)29-25(26-27)30-18-9-3-6-17-23(28)20-12-4-2-5-13-20/h2,4-5,7-8,10-16,24H,6,17-18H2,1H3. The van der Waals surface area contributed by atoms with E-state index < -0.39 is 0 Å². The Morgan fingerprint density at radius 2 is 1.80 bits per heavy atom. The van der Waals surface area contributed by atoms with Gasteiger partial charge in [0.15, 0.2) is 5.78 Å². The number of ether oxygens (including phenoxy) is 1. The summed E-state index contributed by atoms with van der Waals surface area (Å²) in [7, 11) is 1.92. The van der Waals surface area contributed by atoms with E-state index in [1.54, 1.807) is 0 Å². The Bertz CT molecular complexity index is 1130. The van der Waals surface area contributed by atoms with Crippen LogP contribution in [0, 0.1) is 11.8 Å². The van der Waals surface area contributed by atoms with Crippen molar-refractivity contribution in [1.82, 2.24) is 5.01 Å². The van der Waals surface area contributed by atoms with Gasteiger partial charge in [-0.2, -0.15) is 0 Å². The van der Waals surface area contributed by atoms with E-state index in [0.29, 0.717) is 23.8 Å². The number of rotatable bonds is 5. The minimum atomic E-state index is -0.241. The number of Topliss-reactive ketones (excluding diaryl/α,β-unsaturated/α-hetero) is 1. The third kappa shape index (κ3) is 4.67. The lowest BCUT2D eigenvalue weighted by molar-refractivity contribution is 0.0813. The number of carbonyl (C=O) groups excluding carboxylic acids is 1. The molecule has 4 rings (SSSR count). The Morgan fingerprint density at radius 3 is 2.67 bits per heavy atom. The van der Waals surface area contributed by atoms with Crippen LogP contribution in [0.4, 0.5) is 0 Å². The molecule has 1 atom stereocenters. The second-order valence-electron chi connectivity index (χ2n) is 6.91. The zero-order chi connectivity index (χ0) is 20.8. The van der Waals surface area contributed by atoms with E-state index in [1.807, 2.05) is 60.6 Å². The van der Waals surface area contributed by atoms with Crippen molar-refractivity contribution in [2.45, 2.75) is 19.1 Å². The van der Waals surface area contributed by atoms with Gasteiger partial charge in [-0.25, -0.2) is 0 Å². The first-order valence-electron chi connectivity index (χ1n) is 9.85. The Balaban J connectivity index is 1.28. The van der Waals surface area contributed by atoms with E-state index in [9.17, 15) is 4.79 Å². The predicted molar refractivity (Wildman–Crippen MR) is 123 cm³/mol. The summed E-state index contributed by atoms with van der Waals surface area (Å²) in [5.74, 6) is 6.88. The third-order valence-corrected chi connectivity index (χ3v) is 5.56. The van der Waals surface area contributed by atoms with Crippen molar-refractivity contribution in [2.24, 2.45) is 5.10 Å². The summed E-state index contributed by atoms with van der Waals surface area (Å²) in [5.41, 5.74) is 1.84. The molecule has 0 amide bonds. The fourth-order valence-electron chi connectivity index (χ4n) is 3.35. The lowest BCUT2D eigenvalue weighted by Gasteiger charge is -2.19. The first-order valence-corrected chi connectivity index (χ1v) is 10.8. The number of hydrazone groups is 1. The fraction of sp³-hybridized carbons (Fsp3) is 0.200. The van der Waals surface area contributed by atoms with Crippen molar-refractivity contribution in [3.63, 3.8) is 0 Å². The third-order valence-electron chi connectivity index (χ3n) is 4.85. The molecule has 0 bridgehead atoms. The van der Waals surface area contributed by atoms with Gasteiger partial charge in [0, 0.05) is 31.0 Å². The molecule has 0 aromatic heterocycles. The molecule has 0 spiro atoms. The second kappa shape index (κ2) is 9.51. The molecule has 0 fully saturated rings. The predicted octanol–water partition coefficient (Wildman–Crippen LogP) is 5.47. The minimum Gasteiger partial charge on any atom is -0.442 e. The SMILES string of the molecule is CN1N=C(SCC#CCCC(=O)c2ccccc2)OC1c1cccc2ccccc12. The number of ketones is 1. The van der Waals surface area contributed by atoms with Crippen molar-refractivity contribution < 1.29 is 9.53 Å². The van der Waals surface area contributed by atoms with Crippen molar-refractivity contribution >= 4 is 33.5 Å². The maximum atomic E-state index is 12.1. The molecular formula is C25H22N2O2S.